The molecule has 0 radical (unpaired) electrons. The number of Topliss-reactive ketones (excluding diaryl/α,β-unsaturated/α-hetero) is 1. The van der Waals surface area contributed by atoms with E-state index in [1.807, 2.05) is 12.1 Å². The topological polar surface area (TPSA) is 38.8 Å². The lowest BCUT2D eigenvalue weighted by Crippen LogP contribution is -2.43. The second-order valence-electron chi connectivity index (χ2n) is 8.10. The van der Waals surface area contributed by atoms with Gasteiger partial charge in [-0.15, -0.1) is 17.0 Å². The van der Waals surface area contributed by atoms with Gasteiger partial charge >= 0.3 is 0 Å². The molecule has 1 atom stereocenters. The Balaban J connectivity index is 0.00000256. The van der Waals surface area contributed by atoms with Crippen LogP contribution in [0.5, 0.6) is 11.5 Å². The van der Waals surface area contributed by atoms with Crippen LogP contribution in [0.2, 0.25) is 0 Å². The summed E-state index contributed by atoms with van der Waals surface area (Å²) in [6.45, 7) is 2.84. The second-order valence-corrected chi connectivity index (χ2v) is 9.61. The van der Waals surface area contributed by atoms with Gasteiger partial charge in [-0.05, 0) is 62.0 Å². The van der Waals surface area contributed by atoms with Crippen molar-refractivity contribution in [1.29, 1.82) is 0 Å². The number of carbonyl (C=O) groups excluding carboxylic acids is 1. The molecule has 1 aliphatic heterocycles. The molecule has 0 saturated carbocycles. The summed E-state index contributed by atoms with van der Waals surface area (Å²) in [5.41, 5.74) is 3.23. The predicted octanol–water partition coefficient (Wildman–Crippen LogP) is 5.41. The molecule has 2 aliphatic rings. The zero-order valence-corrected chi connectivity index (χ0v) is 20.8. The first kappa shape index (κ1) is 23.3. The van der Waals surface area contributed by atoms with Gasteiger partial charge in [-0.2, -0.15) is 0 Å². The summed E-state index contributed by atoms with van der Waals surface area (Å²) in [4.78, 5) is 15.6. The molecule has 1 saturated heterocycles. The third-order valence-electron chi connectivity index (χ3n) is 6.43. The fraction of sp³-hybridized carbons (Fsp3) is 0.458. The molecule has 6 heteroatoms. The zero-order chi connectivity index (χ0) is 20.4. The number of hydrogen-bond donors (Lipinski definition) is 0. The molecule has 0 bridgehead atoms. The van der Waals surface area contributed by atoms with Crippen molar-refractivity contribution >= 4 is 38.7 Å². The van der Waals surface area contributed by atoms with E-state index in [0.717, 1.165) is 56.4 Å². The van der Waals surface area contributed by atoms with Crippen molar-refractivity contribution in [3.8, 4) is 11.5 Å². The number of nitrogens with zero attached hydrogens (tertiary/aromatic N) is 1. The van der Waals surface area contributed by atoms with E-state index in [2.05, 4.69) is 51.2 Å². The third kappa shape index (κ3) is 4.61. The first-order chi connectivity index (χ1) is 14.0. The number of ether oxygens (including phenoxy) is 2. The number of hydrogen-bond acceptors (Lipinski definition) is 4. The maximum absolute atomic E-state index is 13.2. The van der Waals surface area contributed by atoms with E-state index in [1.54, 1.807) is 14.2 Å². The van der Waals surface area contributed by atoms with Crippen LogP contribution in [0, 0.1) is 5.92 Å². The van der Waals surface area contributed by atoms with Gasteiger partial charge in [0.15, 0.2) is 17.3 Å². The Hall–Kier alpha value is -1.37. The van der Waals surface area contributed by atoms with E-state index in [-0.39, 0.29) is 33.0 Å². The Labute approximate surface area is 197 Å². The highest BCUT2D eigenvalue weighted by Gasteiger charge is 2.36. The molecule has 2 aromatic carbocycles. The smallest absolute Gasteiger partial charge is 0.167 e. The van der Waals surface area contributed by atoms with Crippen LogP contribution in [0.1, 0.15) is 40.7 Å². The molecular formula is C24H29Br2NO3. The monoisotopic (exact) mass is 537 g/mol. The maximum atomic E-state index is 13.2. The van der Waals surface area contributed by atoms with E-state index in [0.29, 0.717) is 11.5 Å². The number of halogens is 2. The van der Waals surface area contributed by atoms with Crippen LogP contribution in [0.25, 0.3) is 0 Å². The Morgan fingerprint density at radius 3 is 2.33 bits per heavy atom. The van der Waals surface area contributed by atoms with Gasteiger partial charge in [0.1, 0.15) is 0 Å². The molecule has 1 unspecified atom stereocenters. The van der Waals surface area contributed by atoms with Crippen molar-refractivity contribution in [2.75, 3.05) is 33.9 Å². The van der Waals surface area contributed by atoms with Gasteiger partial charge in [0.05, 0.1) is 18.5 Å². The molecule has 1 heterocycles. The van der Waals surface area contributed by atoms with Crippen molar-refractivity contribution in [3.63, 3.8) is 0 Å². The minimum Gasteiger partial charge on any atom is -0.493 e. The molecule has 4 nitrogen and oxygen atoms in total. The molecule has 1 fully saturated rings. The lowest BCUT2D eigenvalue weighted by molar-refractivity contribution is 0.0836. The van der Waals surface area contributed by atoms with Gasteiger partial charge in [0.25, 0.3) is 0 Å². The molecular weight excluding hydrogens is 510 g/mol. The van der Waals surface area contributed by atoms with Crippen LogP contribution < -0.4 is 9.47 Å². The van der Waals surface area contributed by atoms with Crippen LogP contribution in [0.3, 0.4) is 0 Å². The van der Waals surface area contributed by atoms with E-state index in [4.69, 9.17) is 9.47 Å². The van der Waals surface area contributed by atoms with Gasteiger partial charge in [0, 0.05) is 18.0 Å². The first-order valence-corrected chi connectivity index (χ1v) is 11.1. The standard InChI is InChI=1S/C24H28BrNO3.BrH/c1-28-21-14-17-8-9-18(23(27)20(17)15-22(21)29-2)16-26-12-10-24(25,11-13-26)19-6-4-3-5-7-19;/h3-7,14-15,18H,8-13,16H2,1-2H3;1H. The predicted molar refractivity (Wildman–Crippen MR) is 129 cm³/mol. The van der Waals surface area contributed by atoms with Crippen molar-refractivity contribution in [2.24, 2.45) is 5.92 Å². The summed E-state index contributed by atoms with van der Waals surface area (Å²) < 4.78 is 10.9. The Morgan fingerprint density at radius 1 is 1.07 bits per heavy atom. The Bertz CT molecular complexity index is 880. The van der Waals surface area contributed by atoms with Crippen molar-refractivity contribution < 1.29 is 14.3 Å². The number of aryl methyl sites for hydroxylation is 1. The molecule has 1 aliphatic carbocycles. The molecule has 0 N–H and O–H groups in total. The molecule has 0 spiro atoms. The van der Waals surface area contributed by atoms with E-state index < -0.39 is 0 Å². The summed E-state index contributed by atoms with van der Waals surface area (Å²) in [7, 11) is 3.25. The number of rotatable bonds is 5. The van der Waals surface area contributed by atoms with E-state index in [9.17, 15) is 4.79 Å². The summed E-state index contributed by atoms with van der Waals surface area (Å²) in [5.74, 6) is 1.62. The number of fused-ring (bicyclic) bond motifs is 1. The fourth-order valence-electron chi connectivity index (χ4n) is 4.64. The molecule has 4 rings (SSSR count). The molecule has 0 amide bonds. The van der Waals surface area contributed by atoms with Gasteiger partial charge in [0.2, 0.25) is 0 Å². The number of methoxy groups -OCH3 is 2. The first-order valence-electron chi connectivity index (χ1n) is 10.3. The van der Waals surface area contributed by atoms with Crippen molar-refractivity contribution in [1.82, 2.24) is 4.90 Å². The average Bonchev–Trinajstić information content (AvgIpc) is 2.77. The SMILES string of the molecule is Br.COc1cc2c(cc1OC)C(=O)C(CN1CCC(Br)(c3ccccc3)CC1)CC2. The summed E-state index contributed by atoms with van der Waals surface area (Å²) in [5, 5.41) is 0. The Morgan fingerprint density at radius 2 is 1.70 bits per heavy atom. The quantitative estimate of drug-likeness (QED) is 0.477. The van der Waals surface area contributed by atoms with Crippen LogP contribution in [-0.4, -0.2) is 44.5 Å². The Kier molecular flexibility index (Phi) is 7.64. The maximum Gasteiger partial charge on any atom is 0.167 e. The van der Waals surface area contributed by atoms with Crippen molar-refractivity contribution in [3.05, 3.63) is 59.2 Å². The summed E-state index contributed by atoms with van der Waals surface area (Å²) >= 11 is 4.00. The van der Waals surface area contributed by atoms with E-state index >= 15 is 0 Å². The van der Waals surface area contributed by atoms with Crippen LogP contribution in [0.15, 0.2) is 42.5 Å². The fourth-order valence-corrected chi connectivity index (χ4v) is 5.26. The van der Waals surface area contributed by atoms with Gasteiger partial charge in [-0.1, -0.05) is 46.3 Å². The zero-order valence-electron chi connectivity index (χ0n) is 17.5. The van der Waals surface area contributed by atoms with Crippen LogP contribution in [-0.2, 0) is 10.7 Å². The average molecular weight is 539 g/mol. The lowest BCUT2D eigenvalue weighted by Gasteiger charge is -2.40. The lowest BCUT2D eigenvalue weighted by atomic mass is 9.81. The normalized spacial score (nSPS) is 20.8. The highest BCUT2D eigenvalue weighted by atomic mass is 79.9. The largest absolute Gasteiger partial charge is 0.493 e. The molecule has 30 heavy (non-hydrogen) atoms. The number of benzene rings is 2. The minimum absolute atomic E-state index is 0. The van der Waals surface area contributed by atoms with Crippen LogP contribution >= 0.6 is 32.9 Å². The molecule has 0 aromatic heterocycles. The molecule has 162 valence electrons. The second kappa shape index (κ2) is 9.84. The van der Waals surface area contributed by atoms with Gasteiger partial charge in [-0.25, -0.2) is 0 Å². The summed E-state index contributed by atoms with van der Waals surface area (Å²) in [6, 6.07) is 14.5. The highest BCUT2D eigenvalue weighted by molar-refractivity contribution is 9.09. The van der Waals surface area contributed by atoms with Gasteiger partial charge in [-0.3, -0.25) is 4.79 Å². The highest BCUT2D eigenvalue weighted by Crippen LogP contribution is 2.42. The number of carbonyl (C=O) groups is 1. The van der Waals surface area contributed by atoms with Crippen LogP contribution in [0.4, 0.5) is 0 Å². The summed E-state index contributed by atoms with van der Waals surface area (Å²) in [6.07, 6.45) is 3.92. The van der Waals surface area contributed by atoms with E-state index in [1.165, 1.54) is 5.56 Å². The number of ketones is 1. The molecule has 2 aromatic rings. The number of alkyl halides is 1. The van der Waals surface area contributed by atoms with Crippen molar-refractivity contribution in [2.45, 2.75) is 30.0 Å². The van der Waals surface area contributed by atoms with Gasteiger partial charge < -0.3 is 14.4 Å². The number of piperidine rings is 1. The minimum atomic E-state index is 0. The third-order valence-corrected chi connectivity index (χ3v) is 7.68. The number of likely N-dealkylation sites (tertiary alicyclic amines) is 1.